The molecule has 3 aliphatic rings. The zero-order valence-corrected chi connectivity index (χ0v) is 21.3. The van der Waals surface area contributed by atoms with Gasteiger partial charge in [-0.1, -0.05) is 12.1 Å². The molecule has 3 saturated heterocycles. The number of rotatable bonds is 8. The molecule has 7 nitrogen and oxygen atoms in total. The van der Waals surface area contributed by atoms with E-state index < -0.39 is 5.97 Å². The number of ether oxygens (including phenoxy) is 2. The van der Waals surface area contributed by atoms with Crippen molar-refractivity contribution in [2.45, 2.75) is 45.2 Å². The van der Waals surface area contributed by atoms with Crippen LogP contribution in [0.25, 0.3) is 10.4 Å². The first-order chi connectivity index (χ1) is 17.0. The molecule has 184 valence electrons. The fraction of sp³-hybridized carbons (Fsp3) is 0.444. The molecule has 3 fully saturated rings. The highest BCUT2D eigenvalue weighted by molar-refractivity contribution is 7.17. The van der Waals surface area contributed by atoms with Crippen molar-refractivity contribution in [1.29, 1.82) is 0 Å². The average Bonchev–Trinajstić information content (AvgIpc) is 3.47. The lowest BCUT2D eigenvalue weighted by atomic mass is 9.81. The molecule has 2 bridgehead atoms. The number of carbonyl (C=O) groups excluding carboxylic acids is 2. The van der Waals surface area contributed by atoms with Crippen molar-refractivity contribution >= 4 is 23.1 Å². The summed E-state index contributed by atoms with van der Waals surface area (Å²) < 4.78 is 12.2. The number of carbonyl (C=O) groups is 2. The number of thiophene rings is 1. The molecule has 5 heterocycles. The van der Waals surface area contributed by atoms with Gasteiger partial charge < -0.3 is 9.47 Å². The summed E-state index contributed by atoms with van der Waals surface area (Å²) in [5.74, 6) is 1.29. The molecule has 3 aromatic rings. The summed E-state index contributed by atoms with van der Waals surface area (Å²) in [7, 11) is 3.04. The highest BCUT2D eigenvalue weighted by atomic mass is 32.1. The van der Waals surface area contributed by atoms with Gasteiger partial charge in [0, 0.05) is 22.6 Å². The molecule has 6 rings (SSSR count). The lowest BCUT2D eigenvalue weighted by molar-refractivity contribution is -0.127. The topological polar surface area (TPSA) is 73.7 Å². The molecular formula is C27H31N3O4S. The Kier molecular flexibility index (Phi) is 6.75. The van der Waals surface area contributed by atoms with E-state index in [0.29, 0.717) is 17.3 Å². The van der Waals surface area contributed by atoms with Crippen LogP contribution in [-0.4, -0.2) is 59.8 Å². The SMILES string of the molecule is COC(=O)c1sc(-c2cnn(Cc3ccc(OC)cc3)c2C)cc1CC(=O)C1CC2CCN1CC2. The second kappa shape index (κ2) is 9.95. The number of hydrogen-bond acceptors (Lipinski definition) is 7. The second-order valence-corrected chi connectivity index (χ2v) is 10.5. The van der Waals surface area contributed by atoms with Crippen LogP contribution in [0.3, 0.4) is 0 Å². The summed E-state index contributed by atoms with van der Waals surface area (Å²) in [4.78, 5) is 29.6. The minimum atomic E-state index is -0.391. The monoisotopic (exact) mass is 493 g/mol. The zero-order chi connectivity index (χ0) is 24.5. The van der Waals surface area contributed by atoms with Gasteiger partial charge in [-0.25, -0.2) is 4.79 Å². The summed E-state index contributed by atoms with van der Waals surface area (Å²) >= 11 is 1.38. The van der Waals surface area contributed by atoms with E-state index in [1.807, 2.05) is 48.1 Å². The third-order valence-corrected chi connectivity index (χ3v) is 8.61. The molecule has 1 aromatic carbocycles. The molecule has 0 saturated carbocycles. The van der Waals surface area contributed by atoms with E-state index in [-0.39, 0.29) is 18.2 Å². The van der Waals surface area contributed by atoms with Gasteiger partial charge in [0.15, 0.2) is 5.78 Å². The van der Waals surface area contributed by atoms with Gasteiger partial charge in [-0.05, 0) is 74.5 Å². The van der Waals surface area contributed by atoms with Crippen LogP contribution in [0.5, 0.6) is 5.75 Å². The van der Waals surface area contributed by atoms with E-state index >= 15 is 0 Å². The molecule has 1 unspecified atom stereocenters. The molecule has 0 N–H and O–H groups in total. The predicted molar refractivity (Wildman–Crippen MR) is 135 cm³/mol. The summed E-state index contributed by atoms with van der Waals surface area (Å²) in [6, 6.07) is 9.89. The Hall–Kier alpha value is -2.97. The van der Waals surface area contributed by atoms with Crippen LogP contribution in [0.4, 0.5) is 0 Å². The normalized spacial score (nSPS) is 21.2. The van der Waals surface area contributed by atoms with Gasteiger partial charge in [-0.2, -0.15) is 5.10 Å². The molecule has 2 aromatic heterocycles. The minimum Gasteiger partial charge on any atom is -0.497 e. The number of methoxy groups -OCH3 is 2. The highest BCUT2D eigenvalue weighted by Crippen LogP contribution is 2.36. The van der Waals surface area contributed by atoms with Gasteiger partial charge in [-0.3, -0.25) is 14.4 Å². The summed E-state index contributed by atoms with van der Waals surface area (Å²) in [6.45, 7) is 4.67. The van der Waals surface area contributed by atoms with Gasteiger partial charge in [0.1, 0.15) is 10.6 Å². The fourth-order valence-electron chi connectivity index (χ4n) is 5.32. The maximum absolute atomic E-state index is 13.3. The average molecular weight is 494 g/mol. The van der Waals surface area contributed by atoms with E-state index in [0.717, 1.165) is 52.5 Å². The molecule has 0 radical (unpaired) electrons. The Balaban J connectivity index is 1.38. The number of benzene rings is 1. The van der Waals surface area contributed by atoms with E-state index in [2.05, 4.69) is 10.00 Å². The Morgan fingerprint density at radius 2 is 1.89 bits per heavy atom. The Morgan fingerprint density at radius 1 is 1.14 bits per heavy atom. The highest BCUT2D eigenvalue weighted by Gasteiger charge is 2.37. The standard InChI is InChI=1S/C27H31N3O4S/c1-17-22(15-28-30(17)16-19-4-6-21(33-2)7-5-19)25-14-20(26(35-25)27(32)34-3)13-24(31)23-12-18-8-10-29(23)11-9-18/h4-7,14-15,18,23H,8-13,16H2,1-3H3. The van der Waals surface area contributed by atoms with Crippen molar-refractivity contribution in [1.82, 2.24) is 14.7 Å². The number of fused-ring (bicyclic) bond motifs is 3. The second-order valence-electron chi connectivity index (χ2n) is 9.48. The fourth-order valence-corrected chi connectivity index (χ4v) is 6.48. The van der Waals surface area contributed by atoms with Crippen LogP contribution in [-0.2, 0) is 22.5 Å². The summed E-state index contributed by atoms with van der Waals surface area (Å²) in [5, 5.41) is 4.60. The zero-order valence-electron chi connectivity index (χ0n) is 20.5. The van der Waals surface area contributed by atoms with Crippen LogP contribution < -0.4 is 4.74 Å². The van der Waals surface area contributed by atoms with Gasteiger partial charge >= 0.3 is 5.97 Å². The first-order valence-electron chi connectivity index (χ1n) is 12.1. The maximum Gasteiger partial charge on any atom is 0.348 e. The van der Waals surface area contributed by atoms with Crippen LogP contribution in [0.1, 0.15) is 45.8 Å². The molecule has 1 atom stereocenters. The third-order valence-electron chi connectivity index (χ3n) is 7.42. The van der Waals surface area contributed by atoms with E-state index in [4.69, 9.17) is 9.47 Å². The van der Waals surface area contributed by atoms with Crippen molar-refractivity contribution in [2.24, 2.45) is 5.92 Å². The number of esters is 1. The number of piperidine rings is 3. The minimum absolute atomic E-state index is 0.0228. The number of hydrogen-bond donors (Lipinski definition) is 0. The van der Waals surface area contributed by atoms with Crippen molar-refractivity contribution in [3.8, 4) is 16.2 Å². The lowest BCUT2D eigenvalue weighted by Gasteiger charge is -2.44. The van der Waals surface area contributed by atoms with E-state index in [1.54, 1.807) is 7.11 Å². The molecule has 0 amide bonds. The van der Waals surface area contributed by atoms with E-state index in [9.17, 15) is 9.59 Å². The van der Waals surface area contributed by atoms with Crippen molar-refractivity contribution in [3.63, 3.8) is 0 Å². The largest absolute Gasteiger partial charge is 0.497 e. The quantitative estimate of drug-likeness (QED) is 0.434. The summed E-state index contributed by atoms with van der Waals surface area (Å²) in [5.41, 5.74) is 3.85. The number of nitrogens with zero attached hydrogens (tertiary/aromatic N) is 3. The van der Waals surface area contributed by atoms with Gasteiger partial charge in [-0.15, -0.1) is 11.3 Å². The Morgan fingerprint density at radius 3 is 2.51 bits per heavy atom. The first-order valence-corrected chi connectivity index (χ1v) is 12.9. The number of aromatic nitrogens is 2. The van der Waals surface area contributed by atoms with Crippen molar-refractivity contribution in [3.05, 3.63) is 58.2 Å². The molecule has 3 aliphatic heterocycles. The van der Waals surface area contributed by atoms with Crippen LogP contribution in [0.15, 0.2) is 36.5 Å². The molecular weight excluding hydrogens is 462 g/mol. The number of Topliss-reactive ketones (excluding diaryl/α,β-unsaturated/α-hetero) is 1. The molecule has 0 spiro atoms. The van der Waals surface area contributed by atoms with Crippen molar-refractivity contribution < 1.29 is 19.1 Å². The summed E-state index contributed by atoms with van der Waals surface area (Å²) in [6.07, 6.45) is 5.43. The Bertz CT molecular complexity index is 1220. The van der Waals surface area contributed by atoms with Crippen molar-refractivity contribution in [2.75, 3.05) is 27.3 Å². The predicted octanol–water partition coefficient (Wildman–Crippen LogP) is 4.36. The van der Waals surface area contributed by atoms with Crippen LogP contribution in [0, 0.1) is 12.8 Å². The van der Waals surface area contributed by atoms with Gasteiger partial charge in [0.05, 0.1) is 33.0 Å². The van der Waals surface area contributed by atoms with Crippen LogP contribution >= 0.6 is 11.3 Å². The molecule has 0 aliphatic carbocycles. The smallest absolute Gasteiger partial charge is 0.348 e. The Labute approximate surface area is 209 Å². The van der Waals surface area contributed by atoms with Gasteiger partial charge in [0.25, 0.3) is 0 Å². The molecule has 8 heteroatoms. The first kappa shape index (κ1) is 23.8. The number of ketones is 1. The molecule has 35 heavy (non-hydrogen) atoms. The van der Waals surface area contributed by atoms with Gasteiger partial charge in [0.2, 0.25) is 0 Å². The third kappa shape index (κ3) is 4.77. The maximum atomic E-state index is 13.3. The lowest BCUT2D eigenvalue weighted by Crippen LogP contribution is -2.52. The van der Waals surface area contributed by atoms with E-state index in [1.165, 1.54) is 31.3 Å². The van der Waals surface area contributed by atoms with Crippen LogP contribution in [0.2, 0.25) is 0 Å².